The highest BCUT2D eigenvalue weighted by Gasteiger charge is 2.10. The summed E-state index contributed by atoms with van der Waals surface area (Å²) in [5.74, 6) is -0.153. The van der Waals surface area contributed by atoms with Crippen molar-refractivity contribution in [3.05, 3.63) is 33.4 Å². The van der Waals surface area contributed by atoms with Gasteiger partial charge < -0.3 is 15.1 Å². The molecule has 0 aliphatic rings. The molecule has 0 unspecified atom stereocenters. The molecule has 0 fully saturated rings. The lowest BCUT2D eigenvalue weighted by Crippen LogP contribution is -1.92. The first kappa shape index (κ1) is 10.2. The Morgan fingerprint density at radius 3 is 2.88 bits per heavy atom. The number of H-pyrrole nitrogens is 2. The number of nitrogens with two attached hydrogens (primary N) is 1. The van der Waals surface area contributed by atoms with Crippen LogP contribution in [0.3, 0.4) is 0 Å². The SMILES string of the molecule is Nc1nc(-c2ccc3[nH]c(=O)oc3c2)c(Br)[nH]1. The van der Waals surface area contributed by atoms with Crippen LogP contribution >= 0.6 is 15.9 Å². The van der Waals surface area contributed by atoms with Crippen LogP contribution < -0.4 is 11.5 Å². The molecule has 0 aliphatic carbocycles. The molecule has 4 N–H and O–H groups in total. The number of aromatic amines is 2. The van der Waals surface area contributed by atoms with E-state index in [0.29, 0.717) is 27.3 Å². The molecular weight excluding hydrogens is 288 g/mol. The number of nitrogens with one attached hydrogen (secondary N) is 2. The minimum absolute atomic E-state index is 0.322. The molecule has 1 aromatic carbocycles. The van der Waals surface area contributed by atoms with Crippen LogP contribution in [-0.2, 0) is 0 Å². The van der Waals surface area contributed by atoms with Crippen LogP contribution in [0.25, 0.3) is 22.4 Å². The Morgan fingerprint density at radius 1 is 1.35 bits per heavy atom. The number of imidazole rings is 1. The van der Waals surface area contributed by atoms with Gasteiger partial charge in [0.05, 0.1) is 5.52 Å². The van der Waals surface area contributed by atoms with Crippen LogP contribution in [0, 0.1) is 0 Å². The summed E-state index contributed by atoms with van der Waals surface area (Å²) in [5, 5.41) is 0. The zero-order chi connectivity index (χ0) is 12.0. The summed E-state index contributed by atoms with van der Waals surface area (Å²) in [4.78, 5) is 20.6. The average Bonchev–Trinajstić information content (AvgIpc) is 2.78. The first-order valence-corrected chi connectivity index (χ1v) is 5.57. The van der Waals surface area contributed by atoms with Crippen molar-refractivity contribution < 1.29 is 4.42 Å². The highest BCUT2D eigenvalue weighted by Crippen LogP contribution is 2.28. The third-order valence-corrected chi connectivity index (χ3v) is 2.95. The van der Waals surface area contributed by atoms with Gasteiger partial charge in [-0.2, -0.15) is 0 Å². The summed E-state index contributed by atoms with van der Waals surface area (Å²) < 4.78 is 5.67. The van der Waals surface area contributed by atoms with Gasteiger partial charge in [-0.3, -0.25) is 4.98 Å². The van der Waals surface area contributed by atoms with Crippen molar-refractivity contribution in [2.75, 3.05) is 5.73 Å². The predicted molar refractivity (Wildman–Crippen MR) is 66.5 cm³/mol. The van der Waals surface area contributed by atoms with E-state index in [9.17, 15) is 4.79 Å². The second-order valence-corrected chi connectivity index (χ2v) is 4.30. The minimum atomic E-state index is -0.474. The molecule has 0 aliphatic heterocycles. The second-order valence-electron chi connectivity index (χ2n) is 3.51. The van der Waals surface area contributed by atoms with Gasteiger partial charge in [0.2, 0.25) is 0 Å². The smallest absolute Gasteiger partial charge is 0.408 e. The third-order valence-electron chi connectivity index (χ3n) is 2.37. The molecule has 6 nitrogen and oxygen atoms in total. The molecule has 2 aromatic heterocycles. The van der Waals surface area contributed by atoms with Gasteiger partial charge in [0, 0.05) is 5.56 Å². The summed E-state index contributed by atoms with van der Waals surface area (Å²) in [6, 6.07) is 5.31. The van der Waals surface area contributed by atoms with Crippen LogP contribution in [0.2, 0.25) is 0 Å². The number of nitrogen functional groups attached to an aromatic ring is 1. The number of fused-ring (bicyclic) bond motifs is 1. The first-order chi connectivity index (χ1) is 8.13. The van der Waals surface area contributed by atoms with E-state index in [1.165, 1.54) is 0 Å². The van der Waals surface area contributed by atoms with Crippen molar-refractivity contribution >= 4 is 33.0 Å². The zero-order valence-electron chi connectivity index (χ0n) is 8.45. The Morgan fingerprint density at radius 2 is 2.18 bits per heavy atom. The van der Waals surface area contributed by atoms with Crippen LogP contribution in [0.1, 0.15) is 0 Å². The number of aromatic nitrogens is 3. The molecule has 0 spiro atoms. The lowest BCUT2D eigenvalue weighted by atomic mass is 10.1. The molecule has 2 heterocycles. The van der Waals surface area contributed by atoms with Gasteiger partial charge in [-0.25, -0.2) is 9.78 Å². The molecular formula is C10H7BrN4O2. The highest BCUT2D eigenvalue weighted by atomic mass is 79.9. The van der Waals surface area contributed by atoms with Gasteiger partial charge in [-0.1, -0.05) is 6.07 Å². The van der Waals surface area contributed by atoms with Crippen LogP contribution in [0.5, 0.6) is 0 Å². The number of halogens is 1. The number of anilines is 1. The fourth-order valence-corrected chi connectivity index (χ4v) is 2.17. The normalized spacial score (nSPS) is 11.1. The molecule has 0 amide bonds. The van der Waals surface area contributed by atoms with Gasteiger partial charge in [0.25, 0.3) is 0 Å². The molecule has 0 saturated heterocycles. The Balaban J connectivity index is 2.23. The number of hydrogen-bond donors (Lipinski definition) is 3. The summed E-state index contributed by atoms with van der Waals surface area (Å²) in [6.07, 6.45) is 0. The van der Waals surface area contributed by atoms with E-state index < -0.39 is 5.76 Å². The Kier molecular flexibility index (Phi) is 2.08. The zero-order valence-corrected chi connectivity index (χ0v) is 10.0. The summed E-state index contributed by atoms with van der Waals surface area (Å²) >= 11 is 3.32. The monoisotopic (exact) mass is 294 g/mol. The van der Waals surface area contributed by atoms with Crippen molar-refractivity contribution in [1.29, 1.82) is 0 Å². The lowest BCUT2D eigenvalue weighted by Gasteiger charge is -1.96. The van der Waals surface area contributed by atoms with Crippen LogP contribution in [0.15, 0.2) is 32.0 Å². The van der Waals surface area contributed by atoms with Gasteiger partial charge in [-0.05, 0) is 28.1 Å². The van der Waals surface area contributed by atoms with Crippen molar-refractivity contribution in [1.82, 2.24) is 15.0 Å². The molecule has 0 radical (unpaired) electrons. The fourth-order valence-electron chi connectivity index (χ4n) is 1.65. The van der Waals surface area contributed by atoms with Crippen molar-refractivity contribution in [3.63, 3.8) is 0 Å². The van der Waals surface area contributed by atoms with Gasteiger partial charge in [-0.15, -0.1) is 0 Å². The lowest BCUT2D eigenvalue weighted by molar-refractivity contribution is 0.555. The number of nitrogens with zero attached hydrogens (tertiary/aromatic N) is 1. The van der Waals surface area contributed by atoms with E-state index in [2.05, 4.69) is 30.9 Å². The summed E-state index contributed by atoms with van der Waals surface area (Å²) in [6.45, 7) is 0. The predicted octanol–water partition coefficient (Wildman–Crippen LogP) is 1.86. The fraction of sp³-hybridized carbons (Fsp3) is 0. The van der Waals surface area contributed by atoms with Crippen molar-refractivity contribution in [2.24, 2.45) is 0 Å². The molecule has 7 heteroatoms. The molecule has 0 saturated carbocycles. The highest BCUT2D eigenvalue weighted by molar-refractivity contribution is 9.10. The van der Waals surface area contributed by atoms with E-state index >= 15 is 0 Å². The largest absolute Gasteiger partial charge is 0.417 e. The number of oxazole rings is 1. The molecule has 3 rings (SSSR count). The topological polar surface area (TPSA) is 101 Å². The Hall–Kier alpha value is -2.02. The number of rotatable bonds is 1. The maximum Gasteiger partial charge on any atom is 0.417 e. The van der Waals surface area contributed by atoms with E-state index in [1.807, 2.05) is 6.07 Å². The van der Waals surface area contributed by atoms with Gasteiger partial charge >= 0.3 is 5.76 Å². The molecule has 0 bridgehead atoms. The number of benzene rings is 1. The molecule has 3 aromatic rings. The van der Waals surface area contributed by atoms with E-state index in [0.717, 1.165) is 5.56 Å². The Labute approximate surface area is 103 Å². The minimum Gasteiger partial charge on any atom is -0.408 e. The van der Waals surface area contributed by atoms with Crippen molar-refractivity contribution in [3.8, 4) is 11.3 Å². The van der Waals surface area contributed by atoms with Crippen molar-refractivity contribution in [2.45, 2.75) is 0 Å². The molecule has 86 valence electrons. The first-order valence-electron chi connectivity index (χ1n) is 4.78. The maximum atomic E-state index is 11.0. The van der Waals surface area contributed by atoms with Gasteiger partial charge in [0.15, 0.2) is 11.5 Å². The summed E-state index contributed by atoms with van der Waals surface area (Å²) in [7, 11) is 0. The molecule has 0 atom stereocenters. The standard InChI is InChI=1S/C10H7BrN4O2/c11-8-7(14-9(12)15-8)4-1-2-5-6(3-4)17-10(16)13-5/h1-3H,(H,13,16)(H3,12,14,15). The Bertz CT molecular complexity index is 755. The van der Waals surface area contributed by atoms with Crippen LogP contribution in [0.4, 0.5) is 5.95 Å². The summed E-state index contributed by atoms with van der Waals surface area (Å²) in [5.41, 5.74) is 8.18. The molecule has 17 heavy (non-hydrogen) atoms. The average molecular weight is 295 g/mol. The van der Waals surface area contributed by atoms with E-state index in [-0.39, 0.29) is 0 Å². The van der Waals surface area contributed by atoms with Gasteiger partial charge in [0.1, 0.15) is 10.3 Å². The third kappa shape index (κ3) is 1.64. The van der Waals surface area contributed by atoms with E-state index in [1.54, 1.807) is 12.1 Å². The van der Waals surface area contributed by atoms with E-state index in [4.69, 9.17) is 10.2 Å². The quantitative estimate of drug-likeness (QED) is 0.637. The second kappa shape index (κ2) is 3.49. The maximum absolute atomic E-state index is 11.0. The number of hydrogen-bond acceptors (Lipinski definition) is 4. The van der Waals surface area contributed by atoms with Crippen LogP contribution in [-0.4, -0.2) is 15.0 Å².